The predicted octanol–water partition coefficient (Wildman–Crippen LogP) is 6.05. The average Bonchev–Trinajstić information content (AvgIpc) is 2.80. The Labute approximate surface area is 212 Å². The lowest BCUT2D eigenvalue weighted by Crippen LogP contribution is -2.53. The van der Waals surface area contributed by atoms with Gasteiger partial charge in [0.2, 0.25) is 5.79 Å². The summed E-state index contributed by atoms with van der Waals surface area (Å²) >= 11 is 0. The number of piperidine rings is 1. The Hall–Kier alpha value is -1.89. The summed E-state index contributed by atoms with van der Waals surface area (Å²) in [6.45, 7) is 0.643. The Morgan fingerprint density at radius 3 is 2.14 bits per heavy atom. The molecule has 12 heteroatoms. The monoisotopic (exact) mass is 553 g/mol. The van der Waals surface area contributed by atoms with Crippen molar-refractivity contribution in [3.05, 3.63) is 54.1 Å². The molecule has 1 aliphatic heterocycles. The van der Waals surface area contributed by atoms with Crippen molar-refractivity contribution in [2.75, 3.05) is 26.2 Å². The molecule has 0 radical (unpaired) electrons. The Morgan fingerprint density at radius 1 is 1.00 bits per heavy atom. The first-order valence-corrected chi connectivity index (χ1v) is 13.5. The zero-order valence-electron chi connectivity index (χ0n) is 20.0. The normalized spacial score (nSPS) is 25.5. The van der Waals surface area contributed by atoms with Gasteiger partial charge in [0.25, 0.3) is 0 Å². The molecule has 4 rings (SSSR count). The van der Waals surface area contributed by atoms with Crippen molar-refractivity contribution in [3.63, 3.8) is 0 Å². The Bertz CT molecular complexity index is 1100. The van der Waals surface area contributed by atoms with Crippen molar-refractivity contribution >= 4 is 15.7 Å². The van der Waals surface area contributed by atoms with Crippen LogP contribution in [0, 0.1) is 11.3 Å². The average molecular weight is 554 g/mol. The molecule has 3 aliphatic rings. The van der Waals surface area contributed by atoms with Gasteiger partial charge in [-0.2, -0.15) is 34.8 Å². The van der Waals surface area contributed by atoms with Crippen LogP contribution in [0.3, 0.4) is 0 Å². The zero-order chi connectivity index (χ0) is 27.0. The van der Waals surface area contributed by atoms with Gasteiger partial charge >= 0.3 is 21.8 Å². The van der Waals surface area contributed by atoms with E-state index in [-0.39, 0.29) is 38.3 Å². The van der Waals surface area contributed by atoms with Gasteiger partial charge < -0.3 is 9.64 Å². The number of halogens is 6. The van der Waals surface area contributed by atoms with Crippen LogP contribution in [0.15, 0.2) is 48.6 Å². The summed E-state index contributed by atoms with van der Waals surface area (Å²) in [6.07, 6.45) is 1.43. The maximum atomic E-state index is 13.5. The highest BCUT2D eigenvalue weighted by Gasteiger charge is 2.58. The van der Waals surface area contributed by atoms with E-state index in [2.05, 4.69) is 4.18 Å². The fraction of sp³-hybridized carbons (Fsp3) is 0.600. The largest absolute Gasteiger partial charge is 0.523 e. The molecule has 1 heterocycles. The molecule has 1 aromatic carbocycles. The van der Waals surface area contributed by atoms with Crippen molar-refractivity contribution < 1.29 is 43.7 Å². The second-order valence-electron chi connectivity index (χ2n) is 10.0. The highest BCUT2D eigenvalue weighted by Crippen LogP contribution is 2.53. The molecule has 0 spiro atoms. The molecule has 1 aromatic rings. The molecule has 0 amide bonds. The Morgan fingerprint density at radius 2 is 1.65 bits per heavy atom. The summed E-state index contributed by atoms with van der Waals surface area (Å²) in [5, 5.41) is 0. The number of rotatable bonds is 8. The minimum Gasteiger partial charge on any atom is -0.345 e. The smallest absolute Gasteiger partial charge is 0.345 e. The van der Waals surface area contributed by atoms with E-state index in [1.54, 1.807) is 35.2 Å². The molecule has 2 aliphatic carbocycles. The highest BCUT2D eigenvalue weighted by molar-refractivity contribution is 7.87. The van der Waals surface area contributed by atoms with Crippen LogP contribution in [-0.2, 0) is 19.0 Å². The van der Waals surface area contributed by atoms with Gasteiger partial charge in [0.05, 0.1) is 12.0 Å². The van der Waals surface area contributed by atoms with Crippen LogP contribution in [0.4, 0.5) is 26.3 Å². The molecule has 1 atom stereocenters. The second-order valence-corrected chi connectivity index (χ2v) is 11.6. The van der Waals surface area contributed by atoms with Crippen molar-refractivity contribution in [1.82, 2.24) is 4.90 Å². The third kappa shape index (κ3) is 6.23. The van der Waals surface area contributed by atoms with Gasteiger partial charge in [-0.15, -0.1) is 0 Å². The molecular formula is C25H29F6NO4S. The first-order chi connectivity index (χ1) is 17.2. The molecular weight excluding hydrogens is 524 g/mol. The van der Waals surface area contributed by atoms with Crippen LogP contribution < -0.4 is 0 Å². The van der Waals surface area contributed by atoms with E-state index in [0.29, 0.717) is 37.9 Å². The fourth-order valence-electron chi connectivity index (χ4n) is 5.01. The van der Waals surface area contributed by atoms with Crippen LogP contribution in [0.2, 0.25) is 0 Å². The summed E-state index contributed by atoms with van der Waals surface area (Å²) in [5.74, 6) is -2.34. The predicted molar refractivity (Wildman–Crippen MR) is 124 cm³/mol. The lowest BCUT2D eigenvalue weighted by atomic mass is 9.67. The SMILES string of the molecule is O=S(=O)(OC1(OCC2CCN(CC3(C(F)(F)F)CCC3)CC2)C=CC(c2ccccc2)=CC1)C(F)(F)F. The van der Waals surface area contributed by atoms with Crippen LogP contribution in [-0.4, -0.2) is 57.0 Å². The zero-order valence-corrected chi connectivity index (χ0v) is 20.8. The minimum atomic E-state index is -5.95. The summed E-state index contributed by atoms with van der Waals surface area (Å²) in [4.78, 5) is 1.78. The Kier molecular flexibility index (Phi) is 7.87. The molecule has 5 nitrogen and oxygen atoms in total. The third-order valence-electron chi connectivity index (χ3n) is 7.47. The van der Waals surface area contributed by atoms with E-state index < -0.39 is 33.0 Å². The molecule has 2 fully saturated rings. The fourth-order valence-corrected chi connectivity index (χ4v) is 5.65. The van der Waals surface area contributed by atoms with E-state index in [1.807, 2.05) is 6.07 Å². The second kappa shape index (κ2) is 10.3. The molecule has 1 saturated carbocycles. The van der Waals surface area contributed by atoms with E-state index in [9.17, 15) is 34.8 Å². The number of likely N-dealkylation sites (tertiary alicyclic amines) is 1. The number of ether oxygens (including phenoxy) is 1. The van der Waals surface area contributed by atoms with Gasteiger partial charge in [0.15, 0.2) is 0 Å². The maximum absolute atomic E-state index is 13.5. The summed E-state index contributed by atoms with van der Waals surface area (Å²) in [5.41, 5.74) is -5.81. The lowest BCUT2D eigenvalue weighted by molar-refractivity contribution is -0.257. The molecule has 0 bridgehead atoms. The van der Waals surface area contributed by atoms with Crippen molar-refractivity contribution in [3.8, 4) is 0 Å². The topological polar surface area (TPSA) is 55.8 Å². The van der Waals surface area contributed by atoms with Crippen LogP contribution in [0.5, 0.6) is 0 Å². The van der Waals surface area contributed by atoms with Gasteiger partial charge in [-0.3, -0.25) is 0 Å². The van der Waals surface area contributed by atoms with Crippen molar-refractivity contribution in [1.29, 1.82) is 0 Å². The number of alkyl halides is 6. The van der Waals surface area contributed by atoms with Crippen LogP contribution >= 0.6 is 0 Å². The van der Waals surface area contributed by atoms with E-state index in [0.717, 1.165) is 5.56 Å². The lowest BCUT2D eigenvalue weighted by Gasteiger charge is -2.47. The first kappa shape index (κ1) is 28.1. The number of allylic oxidation sites excluding steroid dienone is 2. The standard InChI is InChI=1S/C25H29F6NO4S/c26-24(27,28)22(11-4-12-22)18-32-15-9-19(10-16-32)17-35-23(36-37(33,34)25(29,30)31)13-7-21(8-14-23)20-5-2-1-3-6-20/h1-3,5-8,13,19H,4,9-12,14-18H2. The molecule has 206 valence electrons. The number of hydrogen-bond acceptors (Lipinski definition) is 5. The quantitative estimate of drug-likeness (QED) is 0.170. The highest BCUT2D eigenvalue weighted by atomic mass is 32.2. The third-order valence-corrected chi connectivity index (χ3v) is 8.54. The van der Waals surface area contributed by atoms with Gasteiger partial charge in [0.1, 0.15) is 0 Å². The molecule has 0 N–H and O–H groups in total. The summed E-state index contributed by atoms with van der Waals surface area (Å²) < 4.78 is 114. The number of hydrogen-bond donors (Lipinski definition) is 0. The number of nitrogens with zero attached hydrogens (tertiary/aromatic N) is 1. The minimum absolute atomic E-state index is 0.0588. The van der Waals surface area contributed by atoms with Crippen LogP contribution in [0.1, 0.15) is 44.1 Å². The summed E-state index contributed by atoms with van der Waals surface area (Å²) in [7, 11) is -5.95. The van der Waals surface area contributed by atoms with Gasteiger partial charge in [0, 0.05) is 13.0 Å². The van der Waals surface area contributed by atoms with E-state index >= 15 is 0 Å². The summed E-state index contributed by atoms with van der Waals surface area (Å²) in [6, 6.07) is 9.00. The van der Waals surface area contributed by atoms with Gasteiger partial charge in [-0.25, -0.2) is 4.18 Å². The van der Waals surface area contributed by atoms with Crippen molar-refractivity contribution in [2.24, 2.45) is 11.3 Å². The molecule has 1 unspecified atom stereocenters. The van der Waals surface area contributed by atoms with Gasteiger partial charge in [-0.05, 0) is 61.9 Å². The van der Waals surface area contributed by atoms with E-state index in [4.69, 9.17) is 4.74 Å². The Balaban J connectivity index is 1.40. The molecule has 1 saturated heterocycles. The first-order valence-electron chi connectivity index (χ1n) is 12.1. The van der Waals surface area contributed by atoms with Gasteiger partial charge in [-0.1, -0.05) is 48.9 Å². The van der Waals surface area contributed by atoms with Crippen LogP contribution in [0.25, 0.3) is 5.57 Å². The number of benzene rings is 1. The van der Waals surface area contributed by atoms with Crippen molar-refractivity contribution in [2.45, 2.75) is 56.0 Å². The molecule has 37 heavy (non-hydrogen) atoms. The molecule has 0 aromatic heterocycles. The van der Waals surface area contributed by atoms with E-state index in [1.165, 1.54) is 12.2 Å². The maximum Gasteiger partial charge on any atom is 0.523 e.